The van der Waals surface area contributed by atoms with Crippen molar-refractivity contribution in [2.24, 2.45) is 11.0 Å². The van der Waals surface area contributed by atoms with E-state index in [0.29, 0.717) is 17.1 Å². The van der Waals surface area contributed by atoms with Crippen molar-refractivity contribution in [3.05, 3.63) is 52.5 Å². The van der Waals surface area contributed by atoms with E-state index in [9.17, 15) is 9.59 Å². The maximum absolute atomic E-state index is 12.0. The number of carbonyl (C=O) groups is 1. The van der Waals surface area contributed by atoms with E-state index < -0.39 is 0 Å². The van der Waals surface area contributed by atoms with Crippen LogP contribution in [0.15, 0.2) is 46.3 Å². The summed E-state index contributed by atoms with van der Waals surface area (Å²) in [6.07, 6.45) is 9.65. The Balaban J connectivity index is 1.54. The molecule has 6 heteroatoms. The maximum Gasteiger partial charge on any atom is 0.270 e. The highest BCUT2D eigenvalue weighted by Crippen LogP contribution is 2.15. The summed E-state index contributed by atoms with van der Waals surface area (Å²) in [5.74, 6) is 0.173. The summed E-state index contributed by atoms with van der Waals surface area (Å²) < 4.78 is 0. The molecule has 0 saturated heterocycles. The second-order valence-corrected chi connectivity index (χ2v) is 5.89. The van der Waals surface area contributed by atoms with E-state index in [4.69, 9.17) is 0 Å². The normalized spacial score (nSPS) is 17.4. The Bertz CT molecular complexity index is 838. The molecule has 1 heterocycles. The number of rotatable bonds is 5. The van der Waals surface area contributed by atoms with E-state index in [2.05, 4.69) is 32.6 Å². The van der Waals surface area contributed by atoms with Crippen molar-refractivity contribution in [1.82, 2.24) is 15.4 Å². The Labute approximate surface area is 139 Å². The Hall–Kier alpha value is -2.76. The molecule has 124 valence electrons. The molecular formula is C18H20N4O2. The van der Waals surface area contributed by atoms with Crippen molar-refractivity contribution in [3.8, 4) is 0 Å². The first-order valence-electron chi connectivity index (χ1n) is 8.17. The lowest BCUT2D eigenvalue weighted by molar-refractivity contribution is -0.121. The minimum Gasteiger partial charge on any atom is -0.319 e. The van der Waals surface area contributed by atoms with Gasteiger partial charge in [0.15, 0.2) is 0 Å². The van der Waals surface area contributed by atoms with E-state index in [1.807, 2.05) is 18.2 Å². The molecule has 6 nitrogen and oxygen atoms in total. The fourth-order valence-corrected chi connectivity index (χ4v) is 2.69. The van der Waals surface area contributed by atoms with Crippen LogP contribution >= 0.6 is 0 Å². The first-order chi connectivity index (χ1) is 11.7. The monoisotopic (exact) mass is 324 g/mol. The standard InChI is InChI=1S/C18H20N4O2/c23-17(22-19-12-13-6-2-1-3-7-13)11-10-16-18(24)21-15-9-5-4-8-14(15)20-16/h1-2,4-5,8-9,12-13H,3,6-7,10-11H2,(H,21,24)(H,22,23)/b19-12+. The first kappa shape index (κ1) is 16.1. The summed E-state index contributed by atoms with van der Waals surface area (Å²) in [7, 11) is 0. The Morgan fingerprint density at radius 1 is 1.38 bits per heavy atom. The van der Waals surface area contributed by atoms with E-state index in [0.717, 1.165) is 24.8 Å². The van der Waals surface area contributed by atoms with Gasteiger partial charge in [-0.3, -0.25) is 9.59 Å². The lowest BCUT2D eigenvalue weighted by atomic mass is 9.96. The van der Waals surface area contributed by atoms with Gasteiger partial charge in [0.2, 0.25) is 5.91 Å². The second-order valence-electron chi connectivity index (χ2n) is 5.89. The number of H-pyrrole nitrogens is 1. The highest BCUT2D eigenvalue weighted by atomic mass is 16.2. The molecular weight excluding hydrogens is 304 g/mol. The Kier molecular flexibility index (Phi) is 5.15. The molecule has 24 heavy (non-hydrogen) atoms. The number of aromatic amines is 1. The molecule has 0 fully saturated rings. The summed E-state index contributed by atoms with van der Waals surface area (Å²) in [4.78, 5) is 30.9. The number of para-hydroxylation sites is 2. The Morgan fingerprint density at radius 2 is 2.25 bits per heavy atom. The van der Waals surface area contributed by atoms with Crippen LogP contribution in [0.25, 0.3) is 11.0 Å². The average molecular weight is 324 g/mol. The van der Waals surface area contributed by atoms with Gasteiger partial charge in [0.1, 0.15) is 5.69 Å². The topological polar surface area (TPSA) is 87.2 Å². The van der Waals surface area contributed by atoms with Crippen molar-refractivity contribution in [1.29, 1.82) is 0 Å². The number of hydrogen-bond donors (Lipinski definition) is 2. The molecule has 1 aromatic carbocycles. The number of aromatic nitrogens is 2. The SMILES string of the molecule is O=C(CCc1nc2ccccc2[nH]c1=O)N/N=C/C1CC=CCC1. The third-order valence-corrected chi connectivity index (χ3v) is 4.04. The molecule has 1 unspecified atom stereocenters. The maximum atomic E-state index is 12.0. The van der Waals surface area contributed by atoms with Crippen LogP contribution in [0, 0.1) is 5.92 Å². The predicted octanol–water partition coefficient (Wildman–Crippen LogP) is 2.31. The van der Waals surface area contributed by atoms with E-state index >= 15 is 0 Å². The van der Waals surface area contributed by atoms with Crippen LogP contribution in [0.4, 0.5) is 0 Å². The van der Waals surface area contributed by atoms with Gasteiger partial charge in [0.05, 0.1) is 11.0 Å². The van der Waals surface area contributed by atoms with Crippen LogP contribution in [0.3, 0.4) is 0 Å². The average Bonchev–Trinajstić information content (AvgIpc) is 2.61. The fourth-order valence-electron chi connectivity index (χ4n) is 2.69. The lowest BCUT2D eigenvalue weighted by Crippen LogP contribution is -2.22. The number of benzene rings is 1. The zero-order chi connectivity index (χ0) is 16.8. The minimum absolute atomic E-state index is 0.177. The van der Waals surface area contributed by atoms with Gasteiger partial charge in [-0.1, -0.05) is 24.3 Å². The van der Waals surface area contributed by atoms with E-state index in [1.165, 1.54) is 0 Å². The van der Waals surface area contributed by atoms with Crippen LogP contribution < -0.4 is 11.0 Å². The van der Waals surface area contributed by atoms with Crippen LogP contribution in [0.5, 0.6) is 0 Å². The quantitative estimate of drug-likeness (QED) is 0.502. The molecule has 0 bridgehead atoms. The summed E-state index contributed by atoms with van der Waals surface area (Å²) in [5.41, 5.74) is 4.05. The molecule has 1 amide bonds. The number of hydrazone groups is 1. The molecule has 1 aliphatic carbocycles. The minimum atomic E-state index is -0.251. The third kappa shape index (κ3) is 4.16. The molecule has 2 N–H and O–H groups in total. The number of aryl methyl sites for hydroxylation is 1. The number of amides is 1. The number of nitrogens with zero attached hydrogens (tertiary/aromatic N) is 2. The second kappa shape index (κ2) is 7.68. The highest BCUT2D eigenvalue weighted by Gasteiger charge is 2.09. The van der Waals surface area contributed by atoms with Gasteiger partial charge in [0, 0.05) is 19.1 Å². The van der Waals surface area contributed by atoms with Gasteiger partial charge in [-0.2, -0.15) is 5.10 Å². The molecule has 0 radical (unpaired) electrons. The number of nitrogens with one attached hydrogen (secondary N) is 2. The molecule has 3 rings (SSSR count). The number of fused-ring (bicyclic) bond motifs is 1. The largest absolute Gasteiger partial charge is 0.319 e. The van der Waals surface area contributed by atoms with Gasteiger partial charge >= 0.3 is 0 Å². The molecule has 0 saturated carbocycles. The third-order valence-electron chi connectivity index (χ3n) is 4.04. The van der Waals surface area contributed by atoms with Crippen molar-refractivity contribution in [2.75, 3.05) is 0 Å². The smallest absolute Gasteiger partial charge is 0.270 e. The van der Waals surface area contributed by atoms with Crippen molar-refractivity contribution in [2.45, 2.75) is 32.1 Å². The van der Waals surface area contributed by atoms with Gasteiger partial charge in [0.25, 0.3) is 5.56 Å². The zero-order valence-electron chi connectivity index (χ0n) is 13.4. The van der Waals surface area contributed by atoms with Gasteiger partial charge in [-0.25, -0.2) is 10.4 Å². The Morgan fingerprint density at radius 3 is 3.08 bits per heavy atom. The lowest BCUT2D eigenvalue weighted by Gasteiger charge is -2.11. The molecule has 2 aromatic rings. The van der Waals surface area contributed by atoms with E-state index in [-0.39, 0.29) is 24.3 Å². The molecule has 1 atom stereocenters. The van der Waals surface area contributed by atoms with E-state index in [1.54, 1.807) is 12.3 Å². The number of allylic oxidation sites excluding steroid dienone is 2. The van der Waals surface area contributed by atoms with Crippen molar-refractivity contribution >= 4 is 23.2 Å². The zero-order valence-corrected chi connectivity index (χ0v) is 13.4. The number of carbonyl (C=O) groups excluding carboxylic acids is 1. The van der Waals surface area contributed by atoms with Gasteiger partial charge in [-0.05, 0) is 37.3 Å². The highest BCUT2D eigenvalue weighted by molar-refractivity contribution is 5.77. The molecule has 1 aromatic heterocycles. The summed E-state index contributed by atoms with van der Waals surface area (Å²) in [5, 5.41) is 4.01. The predicted molar refractivity (Wildman–Crippen MR) is 93.8 cm³/mol. The van der Waals surface area contributed by atoms with Crippen LogP contribution in [-0.2, 0) is 11.2 Å². The molecule has 1 aliphatic rings. The summed E-state index contributed by atoms with van der Waals surface area (Å²) >= 11 is 0. The molecule has 0 spiro atoms. The van der Waals surface area contributed by atoms with Crippen molar-refractivity contribution < 1.29 is 4.79 Å². The van der Waals surface area contributed by atoms with Crippen LogP contribution in [0.2, 0.25) is 0 Å². The number of hydrogen-bond acceptors (Lipinski definition) is 4. The fraction of sp³-hybridized carbons (Fsp3) is 0.333. The van der Waals surface area contributed by atoms with Crippen LogP contribution in [0.1, 0.15) is 31.4 Å². The van der Waals surface area contributed by atoms with Crippen LogP contribution in [-0.4, -0.2) is 22.1 Å². The summed E-state index contributed by atoms with van der Waals surface area (Å²) in [6.45, 7) is 0. The summed E-state index contributed by atoms with van der Waals surface area (Å²) in [6, 6.07) is 7.33. The van der Waals surface area contributed by atoms with Crippen molar-refractivity contribution in [3.63, 3.8) is 0 Å². The van der Waals surface area contributed by atoms with Gasteiger partial charge in [-0.15, -0.1) is 0 Å². The molecule has 0 aliphatic heterocycles. The van der Waals surface area contributed by atoms with Gasteiger partial charge < -0.3 is 4.98 Å². The first-order valence-corrected chi connectivity index (χ1v) is 8.17.